The summed E-state index contributed by atoms with van der Waals surface area (Å²) in [5, 5.41) is 0. The molecule has 0 aromatic heterocycles. The van der Waals surface area contributed by atoms with Crippen LogP contribution in [0.4, 0.5) is 0 Å². The molecule has 0 saturated heterocycles. The molecular weight excluding hydrogens is 124 g/mol. The van der Waals surface area contributed by atoms with E-state index in [9.17, 15) is 4.79 Å². The average Bonchev–Trinajstić information content (AvgIpc) is 1.95. The van der Waals surface area contributed by atoms with Crippen molar-refractivity contribution < 1.29 is 4.79 Å². The predicted molar refractivity (Wildman–Crippen MR) is 41.8 cm³/mol. The molecule has 1 unspecified atom stereocenters. The molecule has 0 spiro atoms. The summed E-state index contributed by atoms with van der Waals surface area (Å²) in [6.45, 7) is 4.26. The summed E-state index contributed by atoms with van der Waals surface area (Å²) in [4.78, 5) is 11.2. The fraction of sp³-hybridized carbons (Fsp3) is 0.889. The quantitative estimate of drug-likeness (QED) is 0.546. The van der Waals surface area contributed by atoms with E-state index < -0.39 is 0 Å². The zero-order chi connectivity index (χ0) is 7.56. The standard InChI is InChI=1S/C9H16O/c1-3-8-5-4-6-9(10)7(8)2/h7-8H,3-6H2,1-2H3/t7-,8?/m1/s1. The van der Waals surface area contributed by atoms with Gasteiger partial charge in [-0.05, 0) is 18.8 Å². The van der Waals surface area contributed by atoms with Crippen molar-refractivity contribution in [3.8, 4) is 0 Å². The normalized spacial score (nSPS) is 34.4. The number of rotatable bonds is 1. The van der Waals surface area contributed by atoms with Gasteiger partial charge in [-0.25, -0.2) is 0 Å². The van der Waals surface area contributed by atoms with Crippen LogP contribution >= 0.6 is 0 Å². The highest BCUT2D eigenvalue weighted by Crippen LogP contribution is 2.28. The highest BCUT2D eigenvalue weighted by molar-refractivity contribution is 5.81. The molecule has 0 aromatic carbocycles. The van der Waals surface area contributed by atoms with Crippen molar-refractivity contribution in [1.82, 2.24) is 0 Å². The van der Waals surface area contributed by atoms with E-state index in [1.807, 2.05) is 0 Å². The topological polar surface area (TPSA) is 17.1 Å². The van der Waals surface area contributed by atoms with Crippen LogP contribution < -0.4 is 0 Å². The lowest BCUT2D eigenvalue weighted by molar-refractivity contribution is -0.126. The van der Waals surface area contributed by atoms with Crippen LogP contribution in [-0.4, -0.2) is 5.78 Å². The molecule has 10 heavy (non-hydrogen) atoms. The zero-order valence-electron chi connectivity index (χ0n) is 6.89. The number of carbonyl (C=O) groups is 1. The van der Waals surface area contributed by atoms with Crippen LogP contribution in [-0.2, 0) is 4.79 Å². The maximum absolute atomic E-state index is 11.2. The Hall–Kier alpha value is -0.330. The lowest BCUT2D eigenvalue weighted by Gasteiger charge is -2.26. The van der Waals surface area contributed by atoms with Gasteiger partial charge >= 0.3 is 0 Å². The number of hydrogen-bond acceptors (Lipinski definition) is 1. The molecule has 0 aliphatic heterocycles. The molecule has 58 valence electrons. The molecule has 0 N–H and O–H groups in total. The van der Waals surface area contributed by atoms with Crippen molar-refractivity contribution >= 4 is 5.78 Å². The Labute approximate surface area is 62.8 Å². The molecule has 0 bridgehead atoms. The highest BCUT2D eigenvalue weighted by Gasteiger charge is 2.25. The fourth-order valence-electron chi connectivity index (χ4n) is 1.84. The van der Waals surface area contributed by atoms with Gasteiger partial charge in [0.25, 0.3) is 0 Å². The highest BCUT2D eigenvalue weighted by atomic mass is 16.1. The molecule has 1 heteroatoms. The first-order chi connectivity index (χ1) is 4.75. The van der Waals surface area contributed by atoms with Crippen LogP contribution in [0.1, 0.15) is 39.5 Å². The lowest BCUT2D eigenvalue weighted by atomic mass is 9.78. The van der Waals surface area contributed by atoms with Gasteiger partial charge in [0.05, 0.1) is 0 Å². The monoisotopic (exact) mass is 140 g/mol. The minimum Gasteiger partial charge on any atom is -0.299 e. The third kappa shape index (κ3) is 1.39. The molecule has 1 saturated carbocycles. The fourth-order valence-corrected chi connectivity index (χ4v) is 1.84. The van der Waals surface area contributed by atoms with E-state index in [2.05, 4.69) is 13.8 Å². The number of carbonyl (C=O) groups excluding carboxylic acids is 1. The van der Waals surface area contributed by atoms with Crippen molar-refractivity contribution in [2.45, 2.75) is 39.5 Å². The van der Waals surface area contributed by atoms with Gasteiger partial charge in [0.1, 0.15) is 5.78 Å². The maximum Gasteiger partial charge on any atom is 0.135 e. The van der Waals surface area contributed by atoms with Crippen LogP contribution in [0, 0.1) is 11.8 Å². The van der Waals surface area contributed by atoms with Gasteiger partial charge in [-0.1, -0.05) is 20.3 Å². The van der Waals surface area contributed by atoms with Gasteiger partial charge in [0.2, 0.25) is 0 Å². The smallest absolute Gasteiger partial charge is 0.135 e. The van der Waals surface area contributed by atoms with Crippen LogP contribution in [0.25, 0.3) is 0 Å². The molecule has 1 aliphatic rings. The van der Waals surface area contributed by atoms with Gasteiger partial charge in [-0.15, -0.1) is 0 Å². The second kappa shape index (κ2) is 3.18. The van der Waals surface area contributed by atoms with E-state index in [4.69, 9.17) is 0 Å². The predicted octanol–water partition coefficient (Wildman–Crippen LogP) is 2.40. The Bertz CT molecular complexity index is 129. The van der Waals surface area contributed by atoms with Gasteiger partial charge in [0, 0.05) is 12.3 Å². The largest absolute Gasteiger partial charge is 0.299 e. The second-order valence-corrected chi connectivity index (χ2v) is 3.32. The van der Waals surface area contributed by atoms with E-state index in [0.29, 0.717) is 17.6 Å². The van der Waals surface area contributed by atoms with Crippen molar-refractivity contribution in [1.29, 1.82) is 0 Å². The van der Waals surface area contributed by atoms with E-state index in [1.54, 1.807) is 0 Å². The van der Waals surface area contributed by atoms with Crippen molar-refractivity contribution in [3.05, 3.63) is 0 Å². The first kappa shape index (κ1) is 7.77. The number of Topliss-reactive ketones (excluding diaryl/α,β-unsaturated/α-hetero) is 1. The lowest BCUT2D eigenvalue weighted by Crippen LogP contribution is -2.25. The van der Waals surface area contributed by atoms with Gasteiger partial charge in [-0.3, -0.25) is 4.79 Å². The minimum atomic E-state index is 0.346. The molecule has 1 rings (SSSR count). The summed E-state index contributed by atoms with van der Waals surface area (Å²) < 4.78 is 0. The Morgan fingerprint density at radius 2 is 2.30 bits per heavy atom. The summed E-state index contributed by atoms with van der Waals surface area (Å²) >= 11 is 0. The van der Waals surface area contributed by atoms with E-state index >= 15 is 0 Å². The zero-order valence-corrected chi connectivity index (χ0v) is 6.89. The third-order valence-electron chi connectivity index (χ3n) is 2.74. The average molecular weight is 140 g/mol. The number of hydrogen-bond donors (Lipinski definition) is 0. The van der Waals surface area contributed by atoms with Crippen molar-refractivity contribution in [2.24, 2.45) is 11.8 Å². The van der Waals surface area contributed by atoms with Crippen LogP contribution in [0.5, 0.6) is 0 Å². The molecule has 1 aliphatic carbocycles. The molecule has 1 nitrogen and oxygen atoms in total. The first-order valence-electron chi connectivity index (χ1n) is 4.28. The van der Waals surface area contributed by atoms with Crippen LogP contribution in [0.3, 0.4) is 0 Å². The third-order valence-corrected chi connectivity index (χ3v) is 2.74. The minimum absolute atomic E-state index is 0.346. The number of ketones is 1. The maximum atomic E-state index is 11.2. The molecule has 0 radical (unpaired) electrons. The van der Waals surface area contributed by atoms with Crippen LogP contribution in [0.2, 0.25) is 0 Å². The van der Waals surface area contributed by atoms with Crippen LogP contribution in [0.15, 0.2) is 0 Å². The first-order valence-corrected chi connectivity index (χ1v) is 4.28. The van der Waals surface area contributed by atoms with Gasteiger partial charge < -0.3 is 0 Å². The molecule has 1 fully saturated rings. The molecule has 2 atom stereocenters. The van der Waals surface area contributed by atoms with Crippen molar-refractivity contribution in [2.75, 3.05) is 0 Å². The van der Waals surface area contributed by atoms with Gasteiger partial charge in [0.15, 0.2) is 0 Å². The van der Waals surface area contributed by atoms with Crippen molar-refractivity contribution in [3.63, 3.8) is 0 Å². The summed E-state index contributed by atoms with van der Waals surface area (Å²) in [7, 11) is 0. The summed E-state index contributed by atoms with van der Waals surface area (Å²) in [6, 6.07) is 0. The molecule has 0 heterocycles. The molecule has 0 amide bonds. The molecule has 0 aromatic rings. The van der Waals surface area contributed by atoms with Gasteiger partial charge in [-0.2, -0.15) is 0 Å². The second-order valence-electron chi connectivity index (χ2n) is 3.32. The Morgan fingerprint density at radius 1 is 1.60 bits per heavy atom. The van der Waals surface area contributed by atoms with E-state index in [1.165, 1.54) is 12.8 Å². The Kier molecular flexibility index (Phi) is 2.47. The summed E-state index contributed by atoms with van der Waals surface area (Å²) in [6.07, 6.45) is 4.40. The van der Waals surface area contributed by atoms with E-state index in [0.717, 1.165) is 12.8 Å². The Morgan fingerprint density at radius 3 is 2.80 bits per heavy atom. The molecular formula is C9H16O. The summed E-state index contributed by atoms with van der Waals surface area (Å²) in [5.74, 6) is 1.51. The van der Waals surface area contributed by atoms with E-state index in [-0.39, 0.29) is 0 Å². The Balaban J connectivity index is 2.51. The SMILES string of the molecule is CCC1CCCC(=O)[C@@H]1C. The summed E-state index contributed by atoms with van der Waals surface area (Å²) in [5.41, 5.74) is 0.